The quantitative estimate of drug-likeness (QED) is 0.197. The van der Waals surface area contributed by atoms with E-state index in [1.807, 2.05) is 6.07 Å². The molecule has 0 saturated carbocycles. The van der Waals surface area contributed by atoms with Crippen LogP contribution in [0.2, 0.25) is 0 Å². The van der Waals surface area contributed by atoms with E-state index in [1.165, 1.54) is 0 Å². The van der Waals surface area contributed by atoms with E-state index in [2.05, 4.69) is 24.5 Å². The van der Waals surface area contributed by atoms with Crippen LogP contribution in [0.1, 0.15) is 44.5 Å². The highest BCUT2D eigenvalue weighted by Crippen LogP contribution is 2.56. The predicted molar refractivity (Wildman–Crippen MR) is 148 cm³/mol. The van der Waals surface area contributed by atoms with Crippen LogP contribution >= 0.6 is 0 Å². The van der Waals surface area contributed by atoms with Gasteiger partial charge in [0, 0.05) is 52.4 Å². The minimum absolute atomic E-state index is 0.253. The number of halogens is 3. The highest BCUT2D eigenvalue weighted by molar-refractivity contribution is 6.29. The summed E-state index contributed by atoms with van der Waals surface area (Å²) in [4.78, 5) is 16.6. The van der Waals surface area contributed by atoms with Crippen molar-refractivity contribution in [2.24, 2.45) is 0 Å². The smallest absolute Gasteiger partial charge is 0.237 e. The summed E-state index contributed by atoms with van der Waals surface area (Å²) in [7, 11) is 0. The Bertz CT molecular complexity index is 2410. The van der Waals surface area contributed by atoms with E-state index in [-0.39, 0.29) is 50.1 Å². The van der Waals surface area contributed by atoms with Gasteiger partial charge in [0.1, 0.15) is 24.0 Å². The van der Waals surface area contributed by atoms with Crippen LogP contribution < -0.4 is 0 Å². The number of rotatable bonds is 2. The van der Waals surface area contributed by atoms with Crippen LogP contribution in [0.3, 0.4) is 0 Å². The van der Waals surface area contributed by atoms with Crippen molar-refractivity contribution in [2.45, 2.75) is 0 Å². The monoisotopic (exact) mass is 586 g/mol. The summed E-state index contributed by atoms with van der Waals surface area (Å²) in [6.45, 7) is 23.1. The summed E-state index contributed by atoms with van der Waals surface area (Å²) in [5.74, 6) is -3.44. The van der Waals surface area contributed by atoms with Gasteiger partial charge in [0.15, 0.2) is 0 Å². The fourth-order valence-corrected chi connectivity index (χ4v) is 5.25. The summed E-state index contributed by atoms with van der Waals surface area (Å²) in [5.41, 5.74) is -6.43. The highest BCUT2D eigenvalue weighted by atomic mass is 19.1. The Kier molecular flexibility index (Phi) is 6.94. The molecule has 0 bridgehead atoms. The van der Waals surface area contributed by atoms with Crippen molar-refractivity contribution < 1.29 is 13.2 Å². The summed E-state index contributed by atoms with van der Waals surface area (Å²) in [6.07, 6.45) is 1.72. The molecule has 204 valence electrons. The van der Waals surface area contributed by atoms with Crippen molar-refractivity contribution in [1.29, 1.82) is 26.3 Å². The molecule has 0 spiro atoms. The molecule has 0 aliphatic heterocycles. The molecule has 2 aromatic heterocycles. The van der Waals surface area contributed by atoms with Crippen molar-refractivity contribution in [3.05, 3.63) is 138 Å². The van der Waals surface area contributed by atoms with Gasteiger partial charge in [-0.2, -0.15) is 24.6 Å². The number of hydrogen-bond acceptors (Lipinski definition) is 7. The molecule has 5 rings (SSSR count). The Morgan fingerprint density at radius 2 is 1.18 bits per heavy atom. The predicted octanol–water partition coefficient (Wildman–Crippen LogP) is 6.19. The van der Waals surface area contributed by atoms with E-state index in [0.717, 1.165) is 30.6 Å². The van der Waals surface area contributed by atoms with E-state index >= 15 is 4.39 Å². The van der Waals surface area contributed by atoms with Crippen LogP contribution in [-0.2, 0) is 0 Å². The van der Waals surface area contributed by atoms with Gasteiger partial charge in [-0.15, -0.1) is 0 Å². The number of nitriles is 5. The third-order valence-corrected chi connectivity index (χ3v) is 6.93. The maximum atomic E-state index is 17.0. The lowest BCUT2D eigenvalue weighted by Crippen LogP contribution is -2.01. The lowest BCUT2D eigenvalue weighted by molar-refractivity contribution is 0.582. The fourth-order valence-electron chi connectivity index (χ4n) is 5.25. The average molecular weight is 586 g/mol. The van der Waals surface area contributed by atoms with Crippen LogP contribution in [0, 0.1) is 94.1 Å². The number of allylic oxidation sites excluding steroid dienone is 7. The SMILES string of the molecule is [C-]#[N+]C1=C(c2cc(F)ncc2C#N)/C(=C(/C#N)[N+]#[C-])c2cc3c(c(F)c21)/C(=C(/C#N)[N+]#[C-])C(c1cc(F)ncc1C#N)=C3C#N. The normalized spacial score (nSPS) is 14.7. The minimum Gasteiger partial charge on any atom is -0.237 e. The maximum Gasteiger partial charge on any atom is 0.270 e. The third kappa shape index (κ3) is 4.05. The van der Waals surface area contributed by atoms with E-state index in [0.29, 0.717) is 0 Å². The van der Waals surface area contributed by atoms with Crippen molar-refractivity contribution in [1.82, 2.24) is 9.97 Å². The van der Waals surface area contributed by atoms with Gasteiger partial charge in [-0.25, -0.2) is 39.4 Å². The molecule has 2 heterocycles. The zero-order chi connectivity index (χ0) is 32.6. The Labute approximate surface area is 251 Å². The molecular formula is C32H5F3N10. The van der Waals surface area contributed by atoms with Gasteiger partial charge >= 0.3 is 0 Å². The first-order valence-electron chi connectivity index (χ1n) is 12.0. The number of pyridine rings is 2. The highest BCUT2D eigenvalue weighted by Gasteiger charge is 2.41. The molecule has 13 heteroatoms. The zero-order valence-electron chi connectivity index (χ0n) is 22.0. The van der Waals surface area contributed by atoms with Gasteiger partial charge in [-0.05, 0) is 33.9 Å². The van der Waals surface area contributed by atoms with Gasteiger partial charge in [0.2, 0.25) is 17.6 Å². The number of fused-ring (bicyclic) bond motifs is 2. The van der Waals surface area contributed by atoms with E-state index in [1.54, 1.807) is 24.3 Å². The lowest BCUT2D eigenvalue weighted by atomic mass is 9.90. The van der Waals surface area contributed by atoms with E-state index in [4.69, 9.17) is 19.7 Å². The molecule has 0 unspecified atom stereocenters. The molecule has 0 radical (unpaired) electrons. The first-order valence-corrected chi connectivity index (χ1v) is 12.0. The Hall–Kier alpha value is -7.81. The number of nitrogens with zero attached hydrogens (tertiary/aromatic N) is 10. The van der Waals surface area contributed by atoms with Gasteiger partial charge in [-0.3, -0.25) is 0 Å². The summed E-state index contributed by atoms with van der Waals surface area (Å²) in [5, 5.41) is 49.4. The van der Waals surface area contributed by atoms with E-state index < -0.39 is 57.1 Å². The average Bonchev–Trinajstić information content (AvgIpc) is 3.55. The van der Waals surface area contributed by atoms with Gasteiger partial charge in [-0.1, -0.05) is 0 Å². The largest absolute Gasteiger partial charge is 0.270 e. The van der Waals surface area contributed by atoms with Crippen molar-refractivity contribution >= 4 is 33.6 Å². The van der Waals surface area contributed by atoms with Crippen LogP contribution in [0.5, 0.6) is 0 Å². The summed E-state index contributed by atoms with van der Waals surface area (Å²) >= 11 is 0. The molecule has 0 atom stereocenters. The number of hydrogen-bond donors (Lipinski definition) is 0. The molecule has 2 aliphatic carbocycles. The molecule has 0 amide bonds. The first-order chi connectivity index (χ1) is 21.7. The topological polar surface area (TPSA) is 158 Å². The van der Waals surface area contributed by atoms with Gasteiger partial charge in [0.25, 0.3) is 11.4 Å². The molecule has 45 heavy (non-hydrogen) atoms. The van der Waals surface area contributed by atoms with Crippen LogP contribution in [0.25, 0.3) is 48.1 Å². The van der Waals surface area contributed by atoms with Crippen molar-refractivity contribution in [3.63, 3.8) is 0 Å². The Morgan fingerprint density at radius 1 is 0.644 bits per heavy atom. The molecule has 3 aromatic rings. The number of benzene rings is 1. The Balaban J connectivity index is 2.04. The second-order valence-electron chi connectivity index (χ2n) is 8.96. The maximum absolute atomic E-state index is 17.0. The van der Waals surface area contributed by atoms with Crippen LogP contribution in [0.15, 0.2) is 42.0 Å². The fraction of sp³-hybridized carbons (Fsp3) is 0. The van der Waals surface area contributed by atoms with Crippen molar-refractivity contribution in [2.75, 3.05) is 0 Å². The van der Waals surface area contributed by atoms with Crippen molar-refractivity contribution in [3.8, 4) is 30.3 Å². The molecule has 10 nitrogen and oxygen atoms in total. The molecule has 0 N–H and O–H groups in total. The molecule has 1 aromatic carbocycles. The molecule has 2 aliphatic rings. The number of aromatic nitrogens is 2. The molecule has 0 saturated heterocycles. The summed E-state index contributed by atoms with van der Waals surface area (Å²) < 4.78 is 45.7. The summed E-state index contributed by atoms with van der Waals surface area (Å²) in [6, 6.07) is 11.4. The Morgan fingerprint density at radius 3 is 1.64 bits per heavy atom. The zero-order valence-corrected chi connectivity index (χ0v) is 22.0. The van der Waals surface area contributed by atoms with Gasteiger partial charge < -0.3 is 0 Å². The van der Waals surface area contributed by atoms with Gasteiger partial charge in [0.05, 0.1) is 48.6 Å². The van der Waals surface area contributed by atoms with E-state index in [9.17, 15) is 35.1 Å². The lowest BCUT2D eigenvalue weighted by Gasteiger charge is -2.14. The first kappa shape index (κ1) is 28.7. The minimum atomic E-state index is -1.27. The second-order valence-corrected chi connectivity index (χ2v) is 8.96. The standard InChI is InChI=1S/C32H5F3N10/c1-41-21(10-39)26-19-4-18-20(9-38)25(16-5-23(33)44-12-14(16)7-36)30(22(11-40)42-2)27(18)31(35)29(19)32(43-3)28(26)17-6-24(34)45-13-15(17)8-37/h4-6,12-13H/b26-21-,30-22-. The third-order valence-electron chi connectivity index (χ3n) is 6.93. The van der Waals surface area contributed by atoms with Crippen LogP contribution in [-0.4, -0.2) is 9.97 Å². The second kappa shape index (κ2) is 10.9. The van der Waals surface area contributed by atoms with Crippen LogP contribution in [0.4, 0.5) is 13.2 Å². The molecule has 0 fully saturated rings. The molecular weight excluding hydrogens is 581 g/mol.